The number of piperidine rings is 1. The van der Waals surface area contributed by atoms with E-state index in [1.165, 1.54) is 5.56 Å². The molecule has 2 atom stereocenters. The highest BCUT2D eigenvalue weighted by molar-refractivity contribution is 7.15. The summed E-state index contributed by atoms with van der Waals surface area (Å²) >= 11 is 7.95. The number of pyridine rings is 1. The lowest BCUT2D eigenvalue weighted by atomic mass is 9.89. The van der Waals surface area contributed by atoms with Crippen LogP contribution in [0.2, 0.25) is 5.02 Å². The molecule has 57 heavy (non-hydrogen) atoms. The Morgan fingerprint density at radius 2 is 1.88 bits per heavy atom. The molecule has 5 aromatic rings. The highest BCUT2D eigenvalue weighted by atomic mass is 35.5. The summed E-state index contributed by atoms with van der Waals surface area (Å²) in [5.74, 6) is 8.74. The summed E-state index contributed by atoms with van der Waals surface area (Å²) in [5, 5.41) is 17.1. The molecular formula is C43H42ClN9O3S. The molecular weight excluding hydrogens is 758 g/mol. The Kier molecular flexibility index (Phi) is 9.69. The van der Waals surface area contributed by atoms with Gasteiger partial charge in [0.1, 0.15) is 28.3 Å². The van der Waals surface area contributed by atoms with Crippen molar-refractivity contribution < 1.29 is 14.4 Å². The van der Waals surface area contributed by atoms with E-state index < -0.39 is 5.54 Å². The lowest BCUT2D eigenvalue weighted by molar-refractivity contribution is -0.128. The minimum absolute atomic E-state index is 0.00564. The van der Waals surface area contributed by atoms with E-state index in [9.17, 15) is 14.4 Å². The minimum Gasteiger partial charge on any atom is -0.384 e. The van der Waals surface area contributed by atoms with Crippen molar-refractivity contribution in [1.82, 2.24) is 39.8 Å². The van der Waals surface area contributed by atoms with Crippen molar-refractivity contribution in [2.24, 2.45) is 5.92 Å². The van der Waals surface area contributed by atoms with Crippen LogP contribution in [0.25, 0.3) is 5.00 Å². The SMILES string of the molecule is Cc1c(C#Cc2ccc(CN3CC(CNc4cccc5c4CN(C4(C=O)CCC(=O)NC4)C5=O)C3)cn2)sc2c1C(c1ccc(Cl)cc1)N(C)Cc1nnc(C)n1-2. The van der Waals surface area contributed by atoms with Crippen LogP contribution in [0.15, 0.2) is 60.8 Å². The van der Waals surface area contributed by atoms with Crippen LogP contribution in [-0.2, 0) is 29.2 Å². The Bertz CT molecular complexity index is 2450. The first-order valence-corrected chi connectivity index (χ1v) is 20.4. The topological polar surface area (TPSA) is 129 Å². The number of fused-ring (bicyclic) bond motifs is 4. The van der Waals surface area contributed by atoms with Gasteiger partial charge in [-0.15, -0.1) is 21.5 Å². The number of benzene rings is 2. The average molecular weight is 800 g/mol. The number of carbonyl (C=O) groups excluding carboxylic acids is 3. The van der Waals surface area contributed by atoms with Crippen molar-refractivity contribution >= 4 is 46.7 Å². The molecule has 0 aliphatic carbocycles. The van der Waals surface area contributed by atoms with Crippen molar-refractivity contribution in [3.05, 3.63) is 121 Å². The van der Waals surface area contributed by atoms with E-state index in [1.807, 2.05) is 49.5 Å². The molecule has 0 saturated carbocycles. The number of thiophene rings is 1. The number of likely N-dealkylation sites (tertiary alicyclic amines) is 1. The molecule has 2 N–H and O–H groups in total. The van der Waals surface area contributed by atoms with Gasteiger partial charge < -0.3 is 20.3 Å². The van der Waals surface area contributed by atoms with Gasteiger partial charge in [0.05, 0.1) is 17.5 Å². The summed E-state index contributed by atoms with van der Waals surface area (Å²) in [6.45, 7) is 8.79. The molecule has 2 saturated heterocycles. The van der Waals surface area contributed by atoms with Gasteiger partial charge in [0, 0.05) is 85.2 Å². The van der Waals surface area contributed by atoms with Gasteiger partial charge in [-0.25, -0.2) is 4.98 Å². The third-order valence-electron chi connectivity index (χ3n) is 11.8. The van der Waals surface area contributed by atoms with Gasteiger partial charge in [-0.1, -0.05) is 35.9 Å². The summed E-state index contributed by atoms with van der Waals surface area (Å²) < 4.78 is 2.17. The summed E-state index contributed by atoms with van der Waals surface area (Å²) in [5.41, 5.74) is 6.80. The zero-order valence-corrected chi connectivity index (χ0v) is 33.6. The maximum absolute atomic E-state index is 13.4. The minimum atomic E-state index is -1.01. The molecule has 4 aliphatic rings. The molecule has 2 aromatic carbocycles. The van der Waals surface area contributed by atoms with Gasteiger partial charge in [-0.05, 0) is 86.2 Å². The number of carbonyl (C=O) groups is 3. The van der Waals surface area contributed by atoms with Crippen molar-refractivity contribution in [3.8, 4) is 16.8 Å². The third-order valence-corrected chi connectivity index (χ3v) is 13.3. The number of halogens is 1. The summed E-state index contributed by atoms with van der Waals surface area (Å²) in [6.07, 6.45) is 3.31. The van der Waals surface area contributed by atoms with Gasteiger partial charge in [-0.3, -0.25) is 24.0 Å². The van der Waals surface area contributed by atoms with Crippen molar-refractivity contribution in [2.75, 3.05) is 38.5 Å². The van der Waals surface area contributed by atoms with E-state index in [4.69, 9.17) is 16.6 Å². The molecule has 2 amide bonds. The number of nitrogens with zero attached hydrogens (tertiary/aromatic N) is 7. The predicted octanol–water partition coefficient (Wildman–Crippen LogP) is 5.28. The lowest BCUT2D eigenvalue weighted by Gasteiger charge is -2.40. The smallest absolute Gasteiger partial charge is 0.255 e. The van der Waals surface area contributed by atoms with E-state index >= 15 is 0 Å². The second-order valence-electron chi connectivity index (χ2n) is 15.6. The van der Waals surface area contributed by atoms with Crippen LogP contribution >= 0.6 is 22.9 Å². The van der Waals surface area contributed by atoms with E-state index in [0.717, 1.165) is 87.6 Å². The molecule has 3 aromatic heterocycles. The second-order valence-corrected chi connectivity index (χ2v) is 17.0. The lowest BCUT2D eigenvalue weighted by Crippen LogP contribution is -2.60. The number of hydrogen-bond donors (Lipinski definition) is 2. The van der Waals surface area contributed by atoms with Crippen LogP contribution in [0.3, 0.4) is 0 Å². The monoisotopic (exact) mass is 799 g/mol. The number of anilines is 1. The molecule has 7 heterocycles. The molecule has 0 bridgehead atoms. The summed E-state index contributed by atoms with van der Waals surface area (Å²) in [6, 6.07) is 17.9. The Morgan fingerprint density at radius 3 is 2.61 bits per heavy atom. The Labute approximate surface area is 340 Å². The average Bonchev–Trinajstić information content (AvgIpc) is 3.82. The van der Waals surface area contributed by atoms with Crippen molar-refractivity contribution in [2.45, 2.75) is 57.9 Å². The second kappa shape index (κ2) is 14.8. The Hall–Kier alpha value is -5.39. The highest BCUT2D eigenvalue weighted by Gasteiger charge is 2.46. The van der Waals surface area contributed by atoms with E-state index in [-0.39, 0.29) is 30.8 Å². The fourth-order valence-electron chi connectivity index (χ4n) is 8.66. The standard InChI is InChI=1S/C43H42ClN9O3S/c1-26-36(57-42-39(26)40(30-8-10-31(44)11-9-30)50(3)23-37-49-48-27(2)53(37)42)14-13-32-12-7-28(17-45-32)19-51-20-29(21-51)18-46-35-6-4-5-33-34(35)22-52(41(33)56)43(25-54)16-15-38(55)47-24-43/h4-12,17,25,29,40,46H,15-16,18-24H2,1-3H3,(H,47,55). The molecule has 0 radical (unpaired) electrons. The van der Waals surface area contributed by atoms with Gasteiger partial charge in [0.2, 0.25) is 5.91 Å². The number of nitrogens with one attached hydrogen (secondary N) is 2. The van der Waals surface area contributed by atoms with Crippen LogP contribution in [0.4, 0.5) is 5.69 Å². The molecule has 12 nitrogen and oxygen atoms in total. The van der Waals surface area contributed by atoms with Crippen LogP contribution in [-0.4, -0.2) is 91.3 Å². The van der Waals surface area contributed by atoms with E-state index in [0.29, 0.717) is 36.0 Å². The Morgan fingerprint density at radius 1 is 1.05 bits per heavy atom. The largest absolute Gasteiger partial charge is 0.384 e. The first-order valence-electron chi connectivity index (χ1n) is 19.2. The van der Waals surface area contributed by atoms with Gasteiger partial charge >= 0.3 is 0 Å². The van der Waals surface area contributed by atoms with E-state index in [1.54, 1.807) is 16.2 Å². The maximum atomic E-state index is 13.4. The highest BCUT2D eigenvalue weighted by Crippen LogP contribution is 2.44. The number of amides is 2. The van der Waals surface area contributed by atoms with Gasteiger partial charge in [-0.2, -0.15) is 0 Å². The molecule has 2 fully saturated rings. The normalized spacial score (nSPS) is 20.8. The quantitative estimate of drug-likeness (QED) is 0.159. The van der Waals surface area contributed by atoms with Crippen molar-refractivity contribution in [3.63, 3.8) is 0 Å². The third kappa shape index (κ3) is 6.80. The number of hydrogen-bond acceptors (Lipinski definition) is 10. The number of rotatable bonds is 8. The molecule has 2 unspecified atom stereocenters. The van der Waals surface area contributed by atoms with Crippen LogP contribution in [0.5, 0.6) is 0 Å². The summed E-state index contributed by atoms with van der Waals surface area (Å²) in [4.78, 5) is 49.5. The maximum Gasteiger partial charge on any atom is 0.255 e. The molecule has 4 aliphatic heterocycles. The molecule has 14 heteroatoms. The fourth-order valence-corrected chi connectivity index (χ4v) is 10.1. The van der Waals surface area contributed by atoms with E-state index in [2.05, 4.69) is 79.2 Å². The number of aromatic nitrogens is 4. The van der Waals surface area contributed by atoms with Gasteiger partial charge in [0.15, 0.2) is 5.82 Å². The fraction of sp³-hybridized carbons (Fsp3) is 0.349. The first kappa shape index (κ1) is 37.2. The predicted molar refractivity (Wildman–Crippen MR) is 218 cm³/mol. The number of aryl methyl sites for hydroxylation is 1. The Balaban J connectivity index is 0.833. The van der Waals surface area contributed by atoms with Crippen LogP contribution in [0, 0.1) is 31.6 Å². The number of aldehydes is 1. The van der Waals surface area contributed by atoms with Crippen LogP contribution in [0.1, 0.15) is 79.3 Å². The molecule has 290 valence electrons. The zero-order valence-electron chi connectivity index (χ0n) is 32.0. The van der Waals surface area contributed by atoms with Crippen LogP contribution < -0.4 is 10.6 Å². The first-order chi connectivity index (χ1) is 27.6. The van der Waals surface area contributed by atoms with Crippen molar-refractivity contribution in [1.29, 1.82) is 0 Å². The molecule has 0 spiro atoms. The molecule has 9 rings (SSSR count). The summed E-state index contributed by atoms with van der Waals surface area (Å²) in [7, 11) is 2.12. The zero-order chi connectivity index (χ0) is 39.4. The van der Waals surface area contributed by atoms with Gasteiger partial charge in [0.25, 0.3) is 5.91 Å².